The Morgan fingerprint density at radius 2 is 2.07 bits per heavy atom. The van der Waals surface area contributed by atoms with Crippen molar-refractivity contribution in [3.05, 3.63) is 29.8 Å². The maximum Gasteiger partial charge on any atom is 0.119 e. The van der Waals surface area contributed by atoms with Crippen LogP contribution in [0.25, 0.3) is 0 Å². The third kappa shape index (κ3) is 2.48. The molecule has 0 unspecified atom stereocenters. The number of benzene rings is 1. The van der Waals surface area contributed by atoms with E-state index in [2.05, 4.69) is 0 Å². The Morgan fingerprint density at radius 3 is 2.64 bits per heavy atom. The predicted molar refractivity (Wildman–Crippen MR) is 57.7 cm³/mol. The van der Waals surface area contributed by atoms with Gasteiger partial charge in [-0.05, 0) is 24.6 Å². The van der Waals surface area contributed by atoms with Crippen molar-refractivity contribution in [2.75, 3.05) is 13.2 Å². The zero-order chi connectivity index (χ0) is 10.6. The first kappa shape index (κ1) is 11.1. The number of aliphatic hydroxyl groups excluding tert-OH is 1. The van der Waals surface area contributed by atoms with Crippen molar-refractivity contribution in [3.63, 3.8) is 0 Å². The molecule has 14 heavy (non-hydrogen) atoms. The third-order valence-corrected chi connectivity index (χ3v) is 2.32. The minimum absolute atomic E-state index is 0.141. The van der Waals surface area contributed by atoms with E-state index in [0.717, 1.165) is 11.3 Å². The van der Waals surface area contributed by atoms with Gasteiger partial charge in [0.05, 0.1) is 13.2 Å². The fourth-order valence-electron chi connectivity index (χ4n) is 1.26. The van der Waals surface area contributed by atoms with E-state index in [9.17, 15) is 5.11 Å². The molecule has 0 spiro atoms. The lowest BCUT2D eigenvalue weighted by Crippen LogP contribution is -2.21. The van der Waals surface area contributed by atoms with Crippen LogP contribution in [0.4, 0.5) is 0 Å². The number of hydrogen-bond donors (Lipinski definition) is 1. The van der Waals surface area contributed by atoms with Gasteiger partial charge in [0.1, 0.15) is 5.75 Å². The van der Waals surface area contributed by atoms with Crippen molar-refractivity contribution in [2.24, 2.45) is 0 Å². The van der Waals surface area contributed by atoms with Gasteiger partial charge >= 0.3 is 0 Å². The highest BCUT2D eigenvalue weighted by Crippen LogP contribution is 2.25. The molecule has 0 aromatic heterocycles. The van der Waals surface area contributed by atoms with Crippen LogP contribution in [0.15, 0.2) is 24.3 Å². The van der Waals surface area contributed by atoms with E-state index in [1.165, 1.54) is 0 Å². The first-order valence-electron chi connectivity index (χ1n) is 4.94. The van der Waals surface area contributed by atoms with E-state index in [1.54, 1.807) is 0 Å². The van der Waals surface area contributed by atoms with Crippen LogP contribution in [0.5, 0.6) is 5.75 Å². The van der Waals surface area contributed by atoms with Crippen molar-refractivity contribution < 1.29 is 9.84 Å². The van der Waals surface area contributed by atoms with Crippen LogP contribution in [-0.4, -0.2) is 18.3 Å². The van der Waals surface area contributed by atoms with Crippen LogP contribution >= 0.6 is 0 Å². The second-order valence-electron chi connectivity index (χ2n) is 4.00. The summed E-state index contributed by atoms with van der Waals surface area (Å²) < 4.78 is 5.40. The van der Waals surface area contributed by atoms with Crippen molar-refractivity contribution >= 4 is 0 Å². The molecule has 2 nitrogen and oxygen atoms in total. The molecule has 0 aliphatic rings. The first-order valence-corrected chi connectivity index (χ1v) is 4.94. The number of rotatable bonds is 4. The average molecular weight is 194 g/mol. The Morgan fingerprint density at radius 1 is 1.36 bits per heavy atom. The molecule has 2 heteroatoms. The molecule has 0 aliphatic heterocycles. The summed E-state index contributed by atoms with van der Waals surface area (Å²) in [5, 5.41) is 9.23. The summed E-state index contributed by atoms with van der Waals surface area (Å²) in [6.45, 7) is 6.80. The fourth-order valence-corrected chi connectivity index (χ4v) is 1.26. The van der Waals surface area contributed by atoms with E-state index < -0.39 is 0 Å². The number of aliphatic hydroxyl groups is 1. The Labute approximate surface area is 85.5 Å². The summed E-state index contributed by atoms with van der Waals surface area (Å²) >= 11 is 0. The van der Waals surface area contributed by atoms with Crippen molar-refractivity contribution in [2.45, 2.75) is 26.2 Å². The molecule has 78 valence electrons. The smallest absolute Gasteiger partial charge is 0.119 e. The molecular formula is C12H18O2. The second-order valence-corrected chi connectivity index (χ2v) is 4.00. The van der Waals surface area contributed by atoms with Gasteiger partial charge < -0.3 is 9.84 Å². The Balaban J connectivity index is 2.93. The van der Waals surface area contributed by atoms with Gasteiger partial charge in [-0.1, -0.05) is 26.0 Å². The first-order chi connectivity index (χ1) is 6.60. The molecule has 0 saturated carbocycles. The number of ether oxygens (including phenoxy) is 1. The van der Waals surface area contributed by atoms with Gasteiger partial charge in [0.25, 0.3) is 0 Å². The normalized spacial score (nSPS) is 11.4. The molecule has 0 fully saturated rings. The van der Waals surface area contributed by atoms with Crippen LogP contribution < -0.4 is 4.74 Å². The van der Waals surface area contributed by atoms with Gasteiger partial charge in [-0.25, -0.2) is 0 Å². The SMILES string of the molecule is CCOc1cccc(C(C)(C)CO)c1. The molecule has 0 amide bonds. The monoisotopic (exact) mass is 194 g/mol. The van der Waals surface area contributed by atoms with E-state index in [-0.39, 0.29) is 12.0 Å². The second kappa shape index (κ2) is 4.47. The van der Waals surface area contributed by atoms with E-state index >= 15 is 0 Å². The predicted octanol–water partition coefficient (Wildman–Crippen LogP) is 2.36. The van der Waals surface area contributed by atoms with Crippen molar-refractivity contribution in [1.82, 2.24) is 0 Å². The summed E-state index contributed by atoms with van der Waals surface area (Å²) in [5.41, 5.74) is 0.901. The molecule has 1 aromatic rings. The largest absolute Gasteiger partial charge is 0.494 e. The summed E-state index contributed by atoms with van der Waals surface area (Å²) in [6.07, 6.45) is 0. The maximum atomic E-state index is 9.23. The molecule has 1 aromatic carbocycles. The standard InChI is InChI=1S/C12H18O2/c1-4-14-11-7-5-6-10(8-11)12(2,3)9-13/h5-8,13H,4,9H2,1-3H3. The molecular weight excluding hydrogens is 176 g/mol. The van der Waals surface area contributed by atoms with Gasteiger partial charge in [0.15, 0.2) is 0 Å². The van der Waals surface area contributed by atoms with Gasteiger partial charge in [-0.3, -0.25) is 0 Å². The summed E-state index contributed by atoms with van der Waals surface area (Å²) in [4.78, 5) is 0. The molecule has 1 N–H and O–H groups in total. The van der Waals surface area contributed by atoms with Crippen LogP contribution in [0.3, 0.4) is 0 Å². The highest BCUT2D eigenvalue weighted by Gasteiger charge is 2.19. The number of hydrogen-bond acceptors (Lipinski definition) is 2. The molecule has 0 atom stereocenters. The Kier molecular flexibility index (Phi) is 3.53. The van der Waals surface area contributed by atoms with Crippen LogP contribution in [0.1, 0.15) is 26.3 Å². The van der Waals surface area contributed by atoms with Crippen molar-refractivity contribution in [3.8, 4) is 5.75 Å². The topological polar surface area (TPSA) is 29.5 Å². The van der Waals surface area contributed by atoms with E-state index in [4.69, 9.17) is 4.74 Å². The highest BCUT2D eigenvalue weighted by atomic mass is 16.5. The molecule has 0 radical (unpaired) electrons. The van der Waals surface area contributed by atoms with Gasteiger partial charge in [0.2, 0.25) is 0 Å². The molecule has 1 rings (SSSR count). The fraction of sp³-hybridized carbons (Fsp3) is 0.500. The average Bonchev–Trinajstić information content (AvgIpc) is 2.19. The Hall–Kier alpha value is -1.02. The molecule has 0 aliphatic carbocycles. The summed E-state index contributed by atoms with van der Waals surface area (Å²) in [5.74, 6) is 0.867. The summed E-state index contributed by atoms with van der Waals surface area (Å²) in [7, 11) is 0. The lowest BCUT2D eigenvalue weighted by atomic mass is 9.85. The maximum absolute atomic E-state index is 9.23. The van der Waals surface area contributed by atoms with E-state index in [0.29, 0.717) is 6.61 Å². The quantitative estimate of drug-likeness (QED) is 0.797. The van der Waals surface area contributed by atoms with Crippen LogP contribution in [0, 0.1) is 0 Å². The third-order valence-electron chi connectivity index (χ3n) is 2.32. The minimum Gasteiger partial charge on any atom is -0.494 e. The van der Waals surface area contributed by atoms with Gasteiger partial charge in [-0.2, -0.15) is 0 Å². The van der Waals surface area contributed by atoms with E-state index in [1.807, 2.05) is 45.0 Å². The lowest BCUT2D eigenvalue weighted by molar-refractivity contribution is 0.218. The molecule has 0 heterocycles. The van der Waals surface area contributed by atoms with Crippen LogP contribution in [0.2, 0.25) is 0 Å². The summed E-state index contributed by atoms with van der Waals surface area (Å²) in [6, 6.07) is 7.89. The lowest BCUT2D eigenvalue weighted by Gasteiger charge is -2.22. The van der Waals surface area contributed by atoms with Gasteiger partial charge in [0, 0.05) is 5.41 Å². The van der Waals surface area contributed by atoms with Crippen molar-refractivity contribution in [1.29, 1.82) is 0 Å². The Bertz CT molecular complexity index is 292. The molecule has 0 saturated heterocycles. The minimum atomic E-state index is -0.201. The van der Waals surface area contributed by atoms with Gasteiger partial charge in [-0.15, -0.1) is 0 Å². The zero-order valence-corrected chi connectivity index (χ0v) is 9.08. The van der Waals surface area contributed by atoms with Crippen LogP contribution in [-0.2, 0) is 5.41 Å². The highest BCUT2D eigenvalue weighted by molar-refractivity contribution is 5.33. The zero-order valence-electron chi connectivity index (χ0n) is 9.08. The molecule has 0 bridgehead atoms.